The van der Waals surface area contributed by atoms with E-state index in [1.807, 2.05) is 0 Å². The van der Waals surface area contributed by atoms with Crippen LogP contribution in [-0.4, -0.2) is 90.2 Å². The summed E-state index contributed by atoms with van der Waals surface area (Å²) >= 11 is 0. The van der Waals surface area contributed by atoms with Gasteiger partial charge in [0.15, 0.2) is 0 Å². The zero-order valence-corrected chi connectivity index (χ0v) is 24.9. The Morgan fingerprint density at radius 1 is 1.07 bits per heavy atom. The summed E-state index contributed by atoms with van der Waals surface area (Å²) in [4.78, 5) is 31.7. The van der Waals surface area contributed by atoms with Crippen molar-refractivity contribution in [3.8, 4) is 23.9 Å². The third-order valence-corrected chi connectivity index (χ3v) is 9.47. The van der Waals surface area contributed by atoms with Gasteiger partial charge in [0.05, 0.1) is 24.2 Å². The van der Waals surface area contributed by atoms with Gasteiger partial charge in [-0.05, 0) is 76.6 Å². The predicted molar refractivity (Wildman–Crippen MR) is 162 cm³/mol. The first kappa shape index (κ1) is 28.3. The van der Waals surface area contributed by atoms with Crippen LogP contribution in [0.5, 0.6) is 6.01 Å². The van der Waals surface area contributed by atoms with Crippen molar-refractivity contribution >= 4 is 17.4 Å². The highest BCUT2D eigenvalue weighted by Gasteiger charge is 2.35. The maximum atomic E-state index is 12.7. The van der Waals surface area contributed by atoms with Gasteiger partial charge in [0.2, 0.25) is 0 Å². The number of amides is 1. The second-order valence-electron chi connectivity index (χ2n) is 12.0. The molecular formula is C33H41N7O2. The molecule has 0 spiro atoms. The summed E-state index contributed by atoms with van der Waals surface area (Å²) in [5.74, 6) is 6.07. The molecule has 2 saturated heterocycles. The number of hydrogen-bond acceptors (Lipinski definition) is 8. The van der Waals surface area contributed by atoms with Crippen LogP contribution in [0.25, 0.3) is 0 Å². The minimum atomic E-state index is -0.236. The van der Waals surface area contributed by atoms with Gasteiger partial charge >= 0.3 is 6.01 Å². The fourth-order valence-electron chi connectivity index (χ4n) is 7.22. The van der Waals surface area contributed by atoms with Gasteiger partial charge in [-0.2, -0.15) is 15.2 Å². The number of benzene rings is 1. The lowest BCUT2D eigenvalue weighted by molar-refractivity contribution is -0.127. The molecular weight excluding hydrogens is 526 g/mol. The molecule has 1 amide bonds. The Balaban J connectivity index is 1.29. The molecule has 2 unspecified atom stereocenters. The van der Waals surface area contributed by atoms with Gasteiger partial charge in [-0.15, -0.1) is 0 Å². The molecule has 2 fully saturated rings. The van der Waals surface area contributed by atoms with Crippen LogP contribution in [0, 0.1) is 23.2 Å². The molecule has 42 heavy (non-hydrogen) atoms. The van der Waals surface area contributed by atoms with Crippen LogP contribution in [0.1, 0.15) is 55.8 Å². The molecule has 9 nitrogen and oxygen atoms in total. The minimum absolute atomic E-state index is 0.212. The average Bonchev–Trinajstić information content (AvgIpc) is 3.43. The normalized spacial score (nSPS) is 23.8. The first-order valence-corrected chi connectivity index (χ1v) is 15.5. The number of ether oxygens (including phenoxy) is 1. The van der Waals surface area contributed by atoms with Crippen molar-refractivity contribution in [2.45, 2.75) is 76.4 Å². The lowest BCUT2D eigenvalue weighted by Crippen LogP contribution is -2.55. The predicted octanol–water partition coefficient (Wildman–Crippen LogP) is 3.21. The van der Waals surface area contributed by atoms with E-state index in [9.17, 15) is 10.1 Å². The molecule has 1 aliphatic carbocycles. The van der Waals surface area contributed by atoms with Crippen LogP contribution < -0.4 is 14.5 Å². The van der Waals surface area contributed by atoms with E-state index in [4.69, 9.17) is 14.7 Å². The first-order chi connectivity index (χ1) is 20.6. The monoisotopic (exact) mass is 567 g/mol. The number of nitrogens with zero attached hydrogens (tertiary/aromatic N) is 7. The Morgan fingerprint density at radius 2 is 1.95 bits per heavy atom. The number of rotatable bonds is 6. The Bertz CT molecular complexity index is 1410. The summed E-state index contributed by atoms with van der Waals surface area (Å²) in [5, 5.41) is 9.56. The van der Waals surface area contributed by atoms with Gasteiger partial charge in [-0.1, -0.05) is 24.1 Å². The zero-order chi connectivity index (χ0) is 29.1. The van der Waals surface area contributed by atoms with E-state index in [-0.39, 0.29) is 18.4 Å². The number of fused-ring (bicyclic) bond motifs is 2. The number of para-hydroxylation sites is 1. The van der Waals surface area contributed by atoms with E-state index < -0.39 is 0 Å². The molecule has 0 N–H and O–H groups in total. The highest BCUT2D eigenvalue weighted by Crippen LogP contribution is 2.37. The maximum Gasteiger partial charge on any atom is 0.318 e. The summed E-state index contributed by atoms with van der Waals surface area (Å²) in [6, 6.07) is 12.1. The fourth-order valence-corrected chi connectivity index (χ4v) is 7.22. The third-order valence-electron chi connectivity index (χ3n) is 9.47. The van der Waals surface area contributed by atoms with Crippen molar-refractivity contribution in [3.63, 3.8) is 0 Å². The highest BCUT2D eigenvalue weighted by molar-refractivity contribution is 5.93. The summed E-state index contributed by atoms with van der Waals surface area (Å²) < 4.78 is 6.32. The standard InChI is InChI=1S/C33H41N7O2/c1-3-8-31(41)40-20-19-38(22-26(40)15-16-34)32-28-14-13-25(39-18-6-10-24-9-4-5-12-30(24)39)21-29(28)35-33(36-32)42-23-27-11-7-17-37(27)2/h4-5,9,12,25-27H,6-7,10-11,13-15,17-23H2,1-2H3/t25?,26-,27?/m0/s1. The van der Waals surface area contributed by atoms with Crippen LogP contribution in [0.4, 0.5) is 11.5 Å². The molecule has 0 radical (unpaired) electrons. The third kappa shape index (κ3) is 5.76. The van der Waals surface area contributed by atoms with E-state index in [1.165, 1.54) is 29.7 Å². The molecule has 4 heterocycles. The smallest absolute Gasteiger partial charge is 0.318 e. The molecule has 0 saturated carbocycles. The highest BCUT2D eigenvalue weighted by atomic mass is 16.5. The topological polar surface area (TPSA) is 88.8 Å². The van der Waals surface area contributed by atoms with Gasteiger partial charge in [0.1, 0.15) is 12.4 Å². The van der Waals surface area contributed by atoms with Crippen LogP contribution in [0.15, 0.2) is 24.3 Å². The largest absolute Gasteiger partial charge is 0.462 e. The number of carbonyl (C=O) groups excluding carboxylic acids is 1. The SMILES string of the molecule is CC#CC(=O)N1CCN(c2nc(OCC3CCCN3C)nc3c2CCC(N2CCCc4ccccc42)C3)C[C@@H]1CC#N. The molecule has 1 aromatic heterocycles. The molecule has 9 heteroatoms. The Hall–Kier alpha value is -3.82. The van der Waals surface area contributed by atoms with Gasteiger partial charge in [0.25, 0.3) is 5.91 Å². The van der Waals surface area contributed by atoms with Gasteiger partial charge in [-0.3, -0.25) is 4.79 Å². The summed E-state index contributed by atoms with van der Waals surface area (Å²) in [6.07, 6.45) is 7.66. The van der Waals surface area contributed by atoms with E-state index >= 15 is 0 Å². The van der Waals surface area contributed by atoms with E-state index in [2.05, 4.69) is 63.9 Å². The average molecular weight is 568 g/mol. The lowest BCUT2D eigenvalue weighted by atomic mass is 9.88. The quantitative estimate of drug-likeness (QED) is 0.492. The molecule has 2 aromatic rings. The van der Waals surface area contributed by atoms with Crippen molar-refractivity contribution in [2.75, 3.05) is 56.2 Å². The summed E-state index contributed by atoms with van der Waals surface area (Å²) in [6.45, 7) is 6.09. The van der Waals surface area contributed by atoms with E-state index in [1.54, 1.807) is 11.8 Å². The van der Waals surface area contributed by atoms with Crippen LogP contribution in [0.3, 0.4) is 0 Å². The summed E-state index contributed by atoms with van der Waals surface area (Å²) in [7, 11) is 2.15. The minimum Gasteiger partial charge on any atom is -0.462 e. The number of hydrogen-bond donors (Lipinski definition) is 0. The van der Waals surface area contributed by atoms with Gasteiger partial charge < -0.3 is 24.3 Å². The number of aromatic nitrogens is 2. The van der Waals surface area contributed by atoms with Crippen molar-refractivity contribution in [1.29, 1.82) is 5.26 Å². The van der Waals surface area contributed by atoms with Crippen molar-refractivity contribution in [3.05, 3.63) is 41.1 Å². The molecule has 220 valence electrons. The number of likely N-dealkylation sites (tertiary alicyclic amines) is 1. The Kier molecular flexibility index (Phi) is 8.48. The first-order valence-electron chi connectivity index (χ1n) is 15.5. The van der Waals surface area contributed by atoms with Gasteiger partial charge in [-0.25, -0.2) is 0 Å². The molecule has 3 aliphatic heterocycles. The van der Waals surface area contributed by atoms with Crippen LogP contribution in [-0.2, 0) is 24.1 Å². The fraction of sp³-hybridized carbons (Fsp3) is 0.576. The summed E-state index contributed by atoms with van der Waals surface area (Å²) in [5.41, 5.74) is 5.06. The second kappa shape index (κ2) is 12.6. The van der Waals surface area contributed by atoms with Crippen LogP contribution in [0.2, 0.25) is 0 Å². The Labute approximate surface area is 249 Å². The molecule has 6 rings (SSSR count). The molecule has 1 aromatic carbocycles. The molecule has 0 bridgehead atoms. The zero-order valence-electron chi connectivity index (χ0n) is 24.9. The van der Waals surface area contributed by atoms with Gasteiger partial charge in [0, 0.05) is 55.9 Å². The lowest BCUT2D eigenvalue weighted by Gasteiger charge is -2.43. The molecule has 4 aliphatic rings. The van der Waals surface area contributed by atoms with Crippen molar-refractivity contribution in [1.82, 2.24) is 19.8 Å². The number of piperazine rings is 1. The number of likely N-dealkylation sites (N-methyl/N-ethyl adjacent to an activating group) is 1. The number of carbonyl (C=O) groups is 1. The van der Waals surface area contributed by atoms with Crippen molar-refractivity contribution in [2.24, 2.45) is 0 Å². The maximum absolute atomic E-state index is 12.7. The Morgan fingerprint density at radius 3 is 2.76 bits per heavy atom. The van der Waals surface area contributed by atoms with E-state index in [0.29, 0.717) is 44.3 Å². The molecule has 3 atom stereocenters. The van der Waals surface area contributed by atoms with Crippen LogP contribution >= 0.6 is 0 Å². The number of anilines is 2. The van der Waals surface area contributed by atoms with Crippen molar-refractivity contribution < 1.29 is 9.53 Å². The number of nitriles is 1. The second-order valence-corrected chi connectivity index (χ2v) is 12.0. The number of aryl methyl sites for hydroxylation is 1. The van der Waals surface area contributed by atoms with E-state index in [0.717, 1.165) is 56.7 Å².